The molecule has 0 aliphatic carbocycles. The van der Waals surface area contributed by atoms with E-state index < -0.39 is 8.80 Å². The minimum absolute atomic E-state index is 0.683. The van der Waals surface area contributed by atoms with E-state index in [0.29, 0.717) is 0 Å². The van der Waals surface area contributed by atoms with Crippen molar-refractivity contribution in [1.82, 2.24) is 0 Å². The molecule has 0 heterocycles. The molecule has 1 heteroatoms. The van der Waals surface area contributed by atoms with Crippen LogP contribution in [0, 0.1) is 0 Å². The van der Waals surface area contributed by atoms with Crippen LogP contribution < -0.4 is 0 Å². The highest BCUT2D eigenvalue weighted by Gasteiger charge is 2.02. The molecule has 0 amide bonds. The molecular weight excluding hydrogens is 184 g/mol. The molecule has 0 aromatic heterocycles. The van der Waals surface area contributed by atoms with Crippen molar-refractivity contribution in [3.8, 4) is 0 Å². The highest BCUT2D eigenvalue weighted by Crippen LogP contribution is 2.13. The largest absolute Gasteiger partial charge is 0.103 e. The molecule has 0 aliphatic rings. The van der Waals surface area contributed by atoms with Gasteiger partial charge < -0.3 is 0 Å². The van der Waals surface area contributed by atoms with Gasteiger partial charge in [-0.15, -0.1) is 6.58 Å². The van der Waals surface area contributed by atoms with Gasteiger partial charge in [0.05, 0.1) is 8.80 Å². The van der Waals surface area contributed by atoms with E-state index in [-0.39, 0.29) is 0 Å². The summed E-state index contributed by atoms with van der Waals surface area (Å²) < 4.78 is 0. The Morgan fingerprint density at radius 2 is 1.93 bits per heavy atom. The fourth-order valence-corrected chi connectivity index (χ4v) is 2.56. The molecule has 0 saturated heterocycles. The van der Waals surface area contributed by atoms with Crippen LogP contribution in [0.1, 0.15) is 12.0 Å². The standard InChI is InChI=1S/C13H18Si/c1-4-8-13(14(2)3)11-12-9-6-5-7-10-12/h4-7,9-11,14H,1,8H2,2-3H3. The van der Waals surface area contributed by atoms with Gasteiger partial charge in [0.25, 0.3) is 0 Å². The van der Waals surface area contributed by atoms with Gasteiger partial charge in [-0.1, -0.05) is 60.8 Å². The van der Waals surface area contributed by atoms with Gasteiger partial charge in [-0.3, -0.25) is 0 Å². The number of benzene rings is 1. The first-order valence-electron chi connectivity index (χ1n) is 5.10. The minimum Gasteiger partial charge on any atom is -0.103 e. The molecule has 0 atom stereocenters. The maximum atomic E-state index is 3.81. The van der Waals surface area contributed by atoms with Gasteiger partial charge >= 0.3 is 0 Å². The zero-order valence-corrected chi connectivity index (χ0v) is 10.2. The van der Waals surface area contributed by atoms with Crippen molar-refractivity contribution in [2.24, 2.45) is 0 Å². The SMILES string of the molecule is C=CCC(=Cc1ccccc1)[SiH](C)C. The van der Waals surface area contributed by atoms with Gasteiger partial charge in [-0.25, -0.2) is 0 Å². The van der Waals surface area contributed by atoms with E-state index >= 15 is 0 Å². The van der Waals surface area contributed by atoms with Crippen LogP contribution in [0.3, 0.4) is 0 Å². The molecule has 14 heavy (non-hydrogen) atoms. The minimum atomic E-state index is -0.683. The molecule has 0 aliphatic heterocycles. The van der Waals surface area contributed by atoms with Crippen LogP contribution in [0.5, 0.6) is 0 Å². The van der Waals surface area contributed by atoms with Crippen molar-refractivity contribution in [1.29, 1.82) is 0 Å². The summed E-state index contributed by atoms with van der Waals surface area (Å²) >= 11 is 0. The van der Waals surface area contributed by atoms with Gasteiger partial charge in [-0.2, -0.15) is 0 Å². The van der Waals surface area contributed by atoms with Crippen LogP contribution in [-0.2, 0) is 0 Å². The molecule has 0 radical (unpaired) electrons. The zero-order chi connectivity index (χ0) is 10.4. The van der Waals surface area contributed by atoms with Crippen LogP contribution in [0.4, 0.5) is 0 Å². The monoisotopic (exact) mass is 202 g/mol. The van der Waals surface area contributed by atoms with Gasteiger partial charge in [0, 0.05) is 0 Å². The van der Waals surface area contributed by atoms with Crippen molar-refractivity contribution in [2.45, 2.75) is 19.5 Å². The average molecular weight is 202 g/mol. The van der Waals surface area contributed by atoms with Crippen molar-refractivity contribution in [3.63, 3.8) is 0 Å². The predicted molar refractivity (Wildman–Crippen MR) is 68.1 cm³/mol. The summed E-state index contributed by atoms with van der Waals surface area (Å²) in [5.74, 6) is 0. The van der Waals surface area contributed by atoms with Crippen molar-refractivity contribution < 1.29 is 0 Å². The zero-order valence-electron chi connectivity index (χ0n) is 9.03. The van der Waals surface area contributed by atoms with Crippen molar-refractivity contribution in [3.05, 3.63) is 53.7 Å². The third-order valence-corrected chi connectivity index (χ3v) is 4.16. The van der Waals surface area contributed by atoms with Crippen molar-refractivity contribution in [2.75, 3.05) is 0 Å². The third kappa shape index (κ3) is 3.34. The average Bonchev–Trinajstić information content (AvgIpc) is 2.18. The summed E-state index contributed by atoms with van der Waals surface area (Å²) in [4.78, 5) is 0. The summed E-state index contributed by atoms with van der Waals surface area (Å²) in [5.41, 5.74) is 1.31. The highest BCUT2D eigenvalue weighted by atomic mass is 28.3. The third-order valence-electron chi connectivity index (χ3n) is 2.27. The molecule has 74 valence electrons. The summed E-state index contributed by atoms with van der Waals surface area (Å²) in [5, 5.41) is 1.58. The molecule has 1 rings (SSSR count). The smallest absolute Gasteiger partial charge is 0.0600 e. The molecule has 0 saturated carbocycles. The molecule has 1 aromatic rings. The van der Waals surface area contributed by atoms with Gasteiger partial charge in [0.2, 0.25) is 0 Å². The summed E-state index contributed by atoms with van der Waals surface area (Å²) in [6.45, 7) is 8.52. The summed E-state index contributed by atoms with van der Waals surface area (Å²) in [6, 6.07) is 10.5. The van der Waals surface area contributed by atoms with E-state index in [1.165, 1.54) is 5.56 Å². The number of hydrogen-bond acceptors (Lipinski definition) is 0. The lowest BCUT2D eigenvalue weighted by Crippen LogP contribution is -2.04. The Labute approximate surface area is 88.6 Å². The molecule has 1 aromatic carbocycles. The van der Waals surface area contributed by atoms with E-state index in [2.05, 4.69) is 56.1 Å². The van der Waals surface area contributed by atoms with E-state index in [4.69, 9.17) is 0 Å². The van der Waals surface area contributed by atoms with E-state index in [0.717, 1.165) is 6.42 Å². The molecule has 0 unspecified atom stereocenters. The summed E-state index contributed by atoms with van der Waals surface area (Å²) in [6.07, 6.45) is 5.36. The Balaban J connectivity index is 2.87. The first kappa shape index (κ1) is 11.0. The second-order valence-electron chi connectivity index (χ2n) is 3.78. The Morgan fingerprint density at radius 3 is 2.43 bits per heavy atom. The van der Waals surface area contributed by atoms with Gasteiger partial charge in [0.1, 0.15) is 0 Å². The van der Waals surface area contributed by atoms with E-state index in [9.17, 15) is 0 Å². The maximum absolute atomic E-state index is 3.81. The van der Waals surface area contributed by atoms with Crippen LogP contribution in [0.15, 0.2) is 48.2 Å². The molecular formula is C13H18Si. The second-order valence-corrected chi connectivity index (χ2v) is 6.83. The van der Waals surface area contributed by atoms with E-state index in [1.807, 2.05) is 6.08 Å². The molecule has 0 fully saturated rings. The fraction of sp³-hybridized carbons (Fsp3) is 0.231. The maximum Gasteiger partial charge on any atom is 0.0600 e. The Hall–Kier alpha value is -1.08. The highest BCUT2D eigenvalue weighted by molar-refractivity contribution is 6.64. The Morgan fingerprint density at radius 1 is 1.29 bits per heavy atom. The van der Waals surface area contributed by atoms with Crippen LogP contribution in [0.2, 0.25) is 13.1 Å². The number of hydrogen-bond donors (Lipinski definition) is 0. The number of allylic oxidation sites excluding steroid dienone is 2. The van der Waals surface area contributed by atoms with Crippen LogP contribution >= 0.6 is 0 Å². The van der Waals surface area contributed by atoms with Crippen molar-refractivity contribution >= 4 is 14.9 Å². The first-order chi connectivity index (χ1) is 6.74. The van der Waals surface area contributed by atoms with E-state index in [1.54, 1.807) is 5.20 Å². The lowest BCUT2D eigenvalue weighted by atomic mass is 10.2. The first-order valence-corrected chi connectivity index (χ1v) is 7.99. The number of rotatable bonds is 4. The lowest BCUT2D eigenvalue weighted by Gasteiger charge is -2.07. The Bertz CT molecular complexity index is 309. The topological polar surface area (TPSA) is 0 Å². The lowest BCUT2D eigenvalue weighted by molar-refractivity contribution is 1.35. The molecule has 0 N–H and O–H groups in total. The molecule has 0 bridgehead atoms. The predicted octanol–water partition coefficient (Wildman–Crippen LogP) is 3.67. The fourth-order valence-electron chi connectivity index (χ4n) is 1.39. The van der Waals surface area contributed by atoms with Crippen LogP contribution in [0.25, 0.3) is 6.08 Å². The normalized spacial score (nSPS) is 11.8. The van der Waals surface area contributed by atoms with Gasteiger partial charge in [0.15, 0.2) is 0 Å². The Kier molecular flexibility index (Phi) is 4.40. The summed E-state index contributed by atoms with van der Waals surface area (Å²) in [7, 11) is -0.683. The van der Waals surface area contributed by atoms with Crippen LogP contribution in [-0.4, -0.2) is 8.80 Å². The molecule has 0 spiro atoms. The second kappa shape index (κ2) is 5.61. The quantitative estimate of drug-likeness (QED) is 0.516. The van der Waals surface area contributed by atoms with Gasteiger partial charge in [-0.05, 0) is 12.0 Å². The molecule has 0 nitrogen and oxygen atoms in total.